The lowest BCUT2D eigenvalue weighted by Gasteiger charge is -2.42. The third kappa shape index (κ3) is 4.75. The number of hydrogen-bond acceptors (Lipinski definition) is 8. The summed E-state index contributed by atoms with van der Waals surface area (Å²) in [6.07, 6.45) is 5.34. The maximum Gasteiger partial charge on any atom is 0.303 e. The number of imide groups is 1. The molecule has 0 radical (unpaired) electrons. The van der Waals surface area contributed by atoms with Crippen LogP contribution in [-0.4, -0.2) is 65.2 Å². The number of likely N-dealkylation sites (tertiary alicyclic amines) is 1. The third-order valence-corrected chi connectivity index (χ3v) is 8.76. The normalized spacial score (nSPS) is 25.4. The van der Waals surface area contributed by atoms with Gasteiger partial charge in [-0.2, -0.15) is 0 Å². The number of hydrogen-bond donors (Lipinski definition) is 2. The number of allylic oxidation sites excluding steroid dienone is 6. The van der Waals surface area contributed by atoms with E-state index in [4.69, 9.17) is 14.6 Å². The fourth-order valence-corrected chi connectivity index (χ4v) is 6.83. The summed E-state index contributed by atoms with van der Waals surface area (Å²) in [4.78, 5) is 66.1. The van der Waals surface area contributed by atoms with Crippen molar-refractivity contribution in [1.82, 2.24) is 4.90 Å². The molecule has 1 aromatic carbocycles. The Morgan fingerprint density at radius 1 is 1.00 bits per heavy atom. The zero-order valence-corrected chi connectivity index (χ0v) is 23.3. The standard InChI is InChI=1S/C31H33NO9/c1-15-11-21(33)20-14-19-17(25(27(20)28(15)36)16-12-22(40-2)29(37)23(13-16)41-3)8-9-18-26(19)31(39)32(30(18)38)10-6-4-5-7-24(34)35/h8,11-13,18-19,25-26,37H,4-7,9-10,14H2,1-3H3,(H,34,35)/t18-,19+,25-,26-/m0/s1. The molecule has 4 aliphatic rings. The highest BCUT2D eigenvalue weighted by molar-refractivity contribution is 6.23. The van der Waals surface area contributed by atoms with Crippen LogP contribution in [0.25, 0.3) is 0 Å². The summed E-state index contributed by atoms with van der Waals surface area (Å²) in [5.74, 6) is -4.28. The van der Waals surface area contributed by atoms with Crippen molar-refractivity contribution in [2.45, 2.75) is 51.4 Å². The molecule has 41 heavy (non-hydrogen) atoms. The predicted octanol–water partition coefficient (Wildman–Crippen LogP) is 3.48. The predicted molar refractivity (Wildman–Crippen MR) is 145 cm³/mol. The molecule has 5 rings (SSSR count). The Bertz CT molecular complexity index is 1420. The van der Waals surface area contributed by atoms with Crippen LogP contribution in [0.4, 0.5) is 0 Å². The molecule has 2 N–H and O–H groups in total. The van der Waals surface area contributed by atoms with Gasteiger partial charge in [-0.15, -0.1) is 0 Å². The first-order valence-electron chi connectivity index (χ1n) is 13.8. The number of phenolic OH excluding ortho intramolecular Hbond substituents is 1. The van der Waals surface area contributed by atoms with Crippen molar-refractivity contribution in [2.75, 3.05) is 20.8 Å². The number of rotatable bonds is 9. The average molecular weight is 564 g/mol. The van der Waals surface area contributed by atoms with Crippen LogP contribution in [0.2, 0.25) is 0 Å². The molecule has 4 atom stereocenters. The maximum absolute atomic E-state index is 13.8. The molecule has 216 valence electrons. The van der Waals surface area contributed by atoms with Gasteiger partial charge < -0.3 is 19.7 Å². The fourth-order valence-electron chi connectivity index (χ4n) is 6.83. The van der Waals surface area contributed by atoms with Crippen LogP contribution in [-0.2, 0) is 24.0 Å². The van der Waals surface area contributed by atoms with E-state index in [-0.39, 0.29) is 60.0 Å². The van der Waals surface area contributed by atoms with Crippen molar-refractivity contribution in [3.05, 3.63) is 52.1 Å². The average Bonchev–Trinajstić information content (AvgIpc) is 3.19. The highest BCUT2D eigenvalue weighted by Gasteiger charge is 2.56. The van der Waals surface area contributed by atoms with E-state index < -0.39 is 29.6 Å². The Labute approximate surface area is 237 Å². The van der Waals surface area contributed by atoms with Gasteiger partial charge in [0.2, 0.25) is 17.6 Å². The summed E-state index contributed by atoms with van der Waals surface area (Å²) in [5.41, 5.74) is 2.37. The van der Waals surface area contributed by atoms with Crippen molar-refractivity contribution >= 4 is 29.4 Å². The Morgan fingerprint density at radius 3 is 2.32 bits per heavy atom. The summed E-state index contributed by atoms with van der Waals surface area (Å²) >= 11 is 0. The smallest absolute Gasteiger partial charge is 0.303 e. The van der Waals surface area contributed by atoms with Gasteiger partial charge >= 0.3 is 5.97 Å². The Morgan fingerprint density at radius 2 is 1.68 bits per heavy atom. The molecule has 3 aliphatic carbocycles. The SMILES string of the molecule is COc1cc([C@H]2C3=CC[C@@H]4C(=O)N(CCCCCC(=O)O)C(=O)[C@@H]4[C@@H]3CC3=C2C(=O)C(C)=CC3=O)cc(OC)c1O. The molecule has 0 spiro atoms. The first-order valence-corrected chi connectivity index (χ1v) is 13.8. The molecule has 1 aromatic rings. The van der Waals surface area contributed by atoms with Crippen LogP contribution < -0.4 is 9.47 Å². The second-order valence-electron chi connectivity index (χ2n) is 11.0. The van der Waals surface area contributed by atoms with Gasteiger partial charge in [0.15, 0.2) is 23.1 Å². The molecular formula is C31H33NO9. The van der Waals surface area contributed by atoms with E-state index in [1.807, 2.05) is 6.08 Å². The van der Waals surface area contributed by atoms with Crippen LogP contribution in [0.1, 0.15) is 56.9 Å². The van der Waals surface area contributed by atoms with Crippen LogP contribution >= 0.6 is 0 Å². The van der Waals surface area contributed by atoms with Crippen molar-refractivity contribution < 1.29 is 43.7 Å². The molecule has 0 unspecified atom stereocenters. The quantitative estimate of drug-likeness (QED) is 0.199. The van der Waals surface area contributed by atoms with Gasteiger partial charge in [-0.3, -0.25) is 28.9 Å². The fraction of sp³-hybridized carbons (Fsp3) is 0.452. The number of aliphatic carboxylic acids is 1. The number of ether oxygens (including phenoxy) is 2. The first kappa shape index (κ1) is 28.3. The number of carbonyl (C=O) groups is 5. The number of methoxy groups -OCH3 is 2. The van der Waals surface area contributed by atoms with E-state index in [0.717, 1.165) is 5.57 Å². The summed E-state index contributed by atoms with van der Waals surface area (Å²) in [6, 6.07) is 3.22. The van der Waals surface area contributed by atoms with Crippen LogP contribution in [0, 0.1) is 17.8 Å². The zero-order chi connectivity index (χ0) is 29.6. The number of benzene rings is 1. The topological polar surface area (TPSA) is 148 Å². The van der Waals surface area contributed by atoms with Gasteiger partial charge in [0, 0.05) is 35.6 Å². The molecule has 2 amide bonds. The maximum atomic E-state index is 13.8. The molecule has 0 bridgehead atoms. The summed E-state index contributed by atoms with van der Waals surface area (Å²) in [5, 5.41) is 19.4. The van der Waals surface area contributed by atoms with Gasteiger partial charge in [0.05, 0.1) is 26.1 Å². The number of nitrogens with zero attached hydrogens (tertiary/aromatic N) is 1. The van der Waals surface area contributed by atoms with Gasteiger partial charge in [0.1, 0.15) is 0 Å². The first-order chi connectivity index (χ1) is 19.6. The van der Waals surface area contributed by atoms with E-state index >= 15 is 0 Å². The van der Waals surface area contributed by atoms with Crippen molar-refractivity contribution in [1.29, 1.82) is 0 Å². The molecule has 0 aromatic heterocycles. The van der Waals surface area contributed by atoms with Gasteiger partial charge in [-0.25, -0.2) is 0 Å². The Kier molecular flexibility index (Phi) is 7.59. The van der Waals surface area contributed by atoms with E-state index in [0.29, 0.717) is 48.0 Å². The number of aromatic hydroxyl groups is 1. The summed E-state index contributed by atoms with van der Waals surface area (Å²) < 4.78 is 10.8. The highest BCUT2D eigenvalue weighted by atomic mass is 16.5. The van der Waals surface area contributed by atoms with Crippen molar-refractivity contribution in [2.24, 2.45) is 17.8 Å². The minimum atomic E-state index is -0.881. The van der Waals surface area contributed by atoms with Gasteiger partial charge in [-0.05, 0) is 62.3 Å². The lowest BCUT2D eigenvalue weighted by atomic mass is 9.59. The minimum absolute atomic E-state index is 0.0365. The number of Topliss-reactive ketones (excluding diaryl/α,β-unsaturated/α-hetero) is 1. The van der Waals surface area contributed by atoms with E-state index in [1.54, 1.807) is 19.1 Å². The molecule has 1 fully saturated rings. The number of phenols is 1. The van der Waals surface area contributed by atoms with Gasteiger partial charge in [-0.1, -0.05) is 18.1 Å². The molecule has 1 saturated heterocycles. The van der Waals surface area contributed by atoms with Crippen LogP contribution in [0.3, 0.4) is 0 Å². The molecular weight excluding hydrogens is 530 g/mol. The third-order valence-electron chi connectivity index (χ3n) is 8.76. The molecule has 1 aliphatic heterocycles. The number of carboxylic acid groups (broad SMARTS) is 1. The molecule has 1 heterocycles. The second kappa shape index (κ2) is 11.0. The van der Waals surface area contributed by atoms with Crippen molar-refractivity contribution in [3.8, 4) is 17.2 Å². The lowest BCUT2D eigenvalue weighted by molar-refractivity contribution is -0.141. The van der Waals surface area contributed by atoms with E-state index in [9.17, 15) is 29.1 Å². The van der Waals surface area contributed by atoms with E-state index in [1.165, 1.54) is 25.2 Å². The largest absolute Gasteiger partial charge is 0.502 e. The number of ketones is 2. The number of fused-ring (bicyclic) bond motifs is 3. The number of carboxylic acids is 1. The second-order valence-corrected chi connectivity index (χ2v) is 11.0. The minimum Gasteiger partial charge on any atom is -0.502 e. The number of unbranched alkanes of at least 4 members (excludes halogenated alkanes) is 2. The number of carbonyl (C=O) groups excluding carboxylic acids is 4. The summed E-state index contributed by atoms with van der Waals surface area (Å²) in [7, 11) is 2.80. The monoisotopic (exact) mass is 563 g/mol. The van der Waals surface area contributed by atoms with Crippen LogP contribution in [0.5, 0.6) is 17.2 Å². The van der Waals surface area contributed by atoms with E-state index in [2.05, 4.69) is 0 Å². The Hall–Kier alpha value is -4.21. The van der Waals surface area contributed by atoms with Gasteiger partial charge in [0.25, 0.3) is 0 Å². The molecule has 10 heteroatoms. The molecule has 0 saturated carbocycles. The lowest BCUT2D eigenvalue weighted by Crippen LogP contribution is -2.40. The number of amides is 2. The Balaban J connectivity index is 1.54. The van der Waals surface area contributed by atoms with Crippen molar-refractivity contribution in [3.63, 3.8) is 0 Å². The van der Waals surface area contributed by atoms with Crippen LogP contribution in [0.15, 0.2) is 46.6 Å². The summed E-state index contributed by atoms with van der Waals surface area (Å²) in [6.45, 7) is 1.82. The molecule has 10 nitrogen and oxygen atoms in total. The highest BCUT2D eigenvalue weighted by Crippen LogP contribution is 2.56. The zero-order valence-electron chi connectivity index (χ0n) is 23.3.